The van der Waals surface area contributed by atoms with Gasteiger partial charge in [0.1, 0.15) is 0 Å². The van der Waals surface area contributed by atoms with Crippen LogP contribution in [0.5, 0.6) is 0 Å². The average molecular weight is 251 g/mol. The fourth-order valence-corrected chi connectivity index (χ4v) is 4.19. The third-order valence-corrected chi connectivity index (χ3v) is 5.26. The zero-order valence-electron chi connectivity index (χ0n) is 12.4. The second-order valence-electron chi connectivity index (χ2n) is 6.75. The Labute approximate surface area is 114 Å². The first-order valence-corrected chi connectivity index (χ1v) is 8.61. The fourth-order valence-electron chi connectivity index (χ4n) is 4.19. The van der Waals surface area contributed by atoms with Gasteiger partial charge in [0.25, 0.3) is 0 Å². The van der Waals surface area contributed by atoms with Gasteiger partial charge >= 0.3 is 0 Å². The zero-order valence-corrected chi connectivity index (χ0v) is 12.4. The van der Waals surface area contributed by atoms with Gasteiger partial charge in [0.15, 0.2) is 0 Å². The Kier molecular flexibility index (Phi) is 6.54. The van der Waals surface area contributed by atoms with E-state index in [0.29, 0.717) is 0 Å². The van der Waals surface area contributed by atoms with Crippen LogP contribution in [0.3, 0.4) is 0 Å². The molecule has 1 N–H and O–H groups in total. The summed E-state index contributed by atoms with van der Waals surface area (Å²) in [7, 11) is 0. The van der Waals surface area contributed by atoms with Gasteiger partial charge in [-0.15, -0.1) is 0 Å². The molecule has 0 amide bonds. The molecule has 0 aromatic rings. The normalized spacial score (nSPS) is 24.5. The second kappa shape index (κ2) is 8.19. The molecule has 18 heavy (non-hydrogen) atoms. The van der Waals surface area contributed by atoms with Crippen molar-refractivity contribution in [1.82, 2.24) is 5.32 Å². The molecule has 0 saturated heterocycles. The average Bonchev–Trinajstić information content (AvgIpc) is 2.93. The van der Waals surface area contributed by atoms with Gasteiger partial charge in [-0.3, -0.25) is 0 Å². The summed E-state index contributed by atoms with van der Waals surface area (Å²) in [6, 6.07) is 0. The van der Waals surface area contributed by atoms with Crippen molar-refractivity contribution >= 4 is 0 Å². The fraction of sp³-hybridized carbons (Fsp3) is 1.00. The number of hydrogen-bond donors (Lipinski definition) is 1. The van der Waals surface area contributed by atoms with Gasteiger partial charge in [-0.1, -0.05) is 64.7 Å². The SMILES string of the molecule is CCCNCC(CC1CCCCC1)C1CCCC1. The number of rotatable bonds is 7. The van der Waals surface area contributed by atoms with Crippen LogP contribution < -0.4 is 5.32 Å². The molecule has 0 radical (unpaired) electrons. The van der Waals surface area contributed by atoms with E-state index in [1.807, 2.05) is 0 Å². The van der Waals surface area contributed by atoms with Crippen LogP contribution in [-0.4, -0.2) is 13.1 Å². The smallest absolute Gasteiger partial charge is 0.00178 e. The lowest BCUT2D eigenvalue weighted by molar-refractivity contribution is 0.225. The molecular weight excluding hydrogens is 218 g/mol. The minimum absolute atomic E-state index is 0.988. The van der Waals surface area contributed by atoms with Crippen molar-refractivity contribution in [3.63, 3.8) is 0 Å². The van der Waals surface area contributed by atoms with Crippen LogP contribution in [0.2, 0.25) is 0 Å². The molecule has 0 heterocycles. The summed E-state index contributed by atoms with van der Waals surface area (Å²) in [6.45, 7) is 4.79. The van der Waals surface area contributed by atoms with E-state index in [0.717, 1.165) is 17.8 Å². The van der Waals surface area contributed by atoms with Crippen LogP contribution in [0.25, 0.3) is 0 Å². The third-order valence-electron chi connectivity index (χ3n) is 5.26. The molecule has 2 rings (SSSR count). The van der Waals surface area contributed by atoms with Gasteiger partial charge < -0.3 is 5.32 Å². The molecule has 1 heteroatoms. The molecule has 1 nitrogen and oxygen atoms in total. The quantitative estimate of drug-likeness (QED) is 0.643. The van der Waals surface area contributed by atoms with E-state index in [-0.39, 0.29) is 0 Å². The summed E-state index contributed by atoms with van der Waals surface area (Å²) in [4.78, 5) is 0. The summed E-state index contributed by atoms with van der Waals surface area (Å²) >= 11 is 0. The van der Waals surface area contributed by atoms with Gasteiger partial charge in [-0.25, -0.2) is 0 Å². The molecule has 2 fully saturated rings. The van der Waals surface area contributed by atoms with Crippen molar-refractivity contribution < 1.29 is 0 Å². The van der Waals surface area contributed by atoms with Gasteiger partial charge in [-0.2, -0.15) is 0 Å². The summed E-state index contributed by atoms with van der Waals surface area (Å²) in [5.74, 6) is 3.10. The maximum absolute atomic E-state index is 3.70. The highest BCUT2D eigenvalue weighted by Gasteiger charge is 2.27. The first kappa shape index (κ1) is 14.4. The Morgan fingerprint density at radius 1 is 0.944 bits per heavy atom. The summed E-state index contributed by atoms with van der Waals surface area (Å²) in [5, 5.41) is 3.70. The van der Waals surface area contributed by atoms with E-state index in [2.05, 4.69) is 12.2 Å². The molecular formula is C17H33N. The van der Waals surface area contributed by atoms with Crippen molar-refractivity contribution in [2.45, 2.75) is 77.6 Å². The van der Waals surface area contributed by atoms with Crippen molar-refractivity contribution in [1.29, 1.82) is 0 Å². The molecule has 106 valence electrons. The maximum Gasteiger partial charge on any atom is -0.00178 e. The predicted molar refractivity (Wildman–Crippen MR) is 79.8 cm³/mol. The third kappa shape index (κ3) is 4.57. The van der Waals surface area contributed by atoms with Gasteiger partial charge in [0.2, 0.25) is 0 Å². The van der Waals surface area contributed by atoms with E-state index in [9.17, 15) is 0 Å². The minimum atomic E-state index is 0.988. The lowest BCUT2D eigenvalue weighted by atomic mass is 9.78. The molecule has 0 aromatic carbocycles. The van der Waals surface area contributed by atoms with Crippen LogP contribution in [0, 0.1) is 17.8 Å². The molecule has 0 aromatic heterocycles. The van der Waals surface area contributed by atoms with E-state index in [1.54, 1.807) is 0 Å². The first-order valence-electron chi connectivity index (χ1n) is 8.61. The highest BCUT2D eigenvalue weighted by atomic mass is 14.9. The largest absolute Gasteiger partial charge is 0.316 e. The lowest BCUT2D eigenvalue weighted by Crippen LogP contribution is -2.30. The van der Waals surface area contributed by atoms with Crippen LogP contribution in [-0.2, 0) is 0 Å². The van der Waals surface area contributed by atoms with E-state index >= 15 is 0 Å². The highest BCUT2D eigenvalue weighted by molar-refractivity contribution is 4.80. The molecule has 2 aliphatic carbocycles. The van der Waals surface area contributed by atoms with Gasteiger partial charge in [-0.05, 0) is 43.7 Å². The monoisotopic (exact) mass is 251 g/mol. The molecule has 0 spiro atoms. The molecule has 1 unspecified atom stereocenters. The Balaban J connectivity index is 1.78. The van der Waals surface area contributed by atoms with Crippen LogP contribution in [0.1, 0.15) is 77.6 Å². The summed E-state index contributed by atoms with van der Waals surface area (Å²) < 4.78 is 0. The van der Waals surface area contributed by atoms with Crippen LogP contribution in [0.4, 0.5) is 0 Å². The summed E-state index contributed by atoms with van der Waals surface area (Å²) in [5.41, 5.74) is 0. The highest BCUT2D eigenvalue weighted by Crippen LogP contribution is 2.37. The Morgan fingerprint density at radius 2 is 1.61 bits per heavy atom. The Morgan fingerprint density at radius 3 is 2.28 bits per heavy atom. The van der Waals surface area contributed by atoms with Crippen molar-refractivity contribution in [3.05, 3.63) is 0 Å². The van der Waals surface area contributed by atoms with Crippen molar-refractivity contribution in [3.8, 4) is 0 Å². The topological polar surface area (TPSA) is 12.0 Å². The second-order valence-corrected chi connectivity index (χ2v) is 6.75. The van der Waals surface area contributed by atoms with Crippen molar-refractivity contribution in [2.24, 2.45) is 17.8 Å². The Hall–Kier alpha value is -0.0400. The molecule has 2 saturated carbocycles. The Bertz CT molecular complexity index is 202. The molecule has 1 atom stereocenters. The zero-order chi connectivity index (χ0) is 12.6. The standard InChI is InChI=1S/C17H33N/c1-2-12-18-14-17(16-10-6-7-11-16)13-15-8-4-3-5-9-15/h15-18H,2-14H2,1H3. The van der Waals surface area contributed by atoms with Gasteiger partial charge in [0, 0.05) is 0 Å². The minimum Gasteiger partial charge on any atom is -0.316 e. The summed E-state index contributed by atoms with van der Waals surface area (Å²) in [6.07, 6.45) is 16.4. The lowest BCUT2D eigenvalue weighted by Gasteiger charge is -2.30. The van der Waals surface area contributed by atoms with Crippen molar-refractivity contribution in [2.75, 3.05) is 13.1 Å². The maximum atomic E-state index is 3.70. The molecule has 0 aliphatic heterocycles. The van der Waals surface area contributed by atoms with Crippen LogP contribution >= 0.6 is 0 Å². The number of nitrogens with one attached hydrogen (secondary N) is 1. The van der Waals surface area contributed by atoms with E-state index < -0.39 is 0 Å². The van der Waals surface area contributed by atoms with E-state index in [4.69, 9.17) is 0 Å². The van der Waals surface area contributed by atoms with E-state index in [1.165, 1.54) is 83.7 Å². The predicted octanol–water partition coefficient (Wildman–Crippen LogP) is 4.76. The molecule has 2 aliphatic rings. The van der Waals surface area contributed by atoms with Crippen LogP contribution in [0.15, 0.2) is 0 Å². The first-order chi connectivity index (χ1) is 8.90. The molecule has 0 bridgehead atoms. The number of hydrogen-bond acceptors (Lipinski definition) is 1. The van der Waals surface area contributed by atoms with Gasteiger partial charge in [0.05, 0.1) is 0 Å².